The van der Waals surface area contributed by atoms with Gasteiger partial charge in [0.2, 0.25) is 0 Å². The van der Waals surface area contributed by atoms with Crippen LogP contribution in [0.5, 0.6) is 0 Å². The molecular weight excluding hydrogens is 292 g/mol. The van der Waals surface area contributed by atoms with Crippen molar-refractivity contribution in [2.24, 2.45) is 17.8 Å². The van der Waals surface area contributed by atoms with Crippen LogP contribution in [0.25, 0.3) is 0 Å². The van der Waals surface area contributed by atoms with Gasteiger partial charge in [0.15, 0.2) is 0 Å². The van der Waals surface area contributed by atoms with Gasteiger partial charge in [-0.3, -0.25) is 4.79 Å². The zero-order chi connectivity index (χ0) is 16.0. The third-order valence-electron chi connectivity index (χ3n) is 5.67. The van der Waals surface area contributed by atoms with Crippen LogP contribution in [0.15, 0.2) is 36.4 Å². The number of fused-ring (bicyclic) bond motifs is 2. The molecule has 1 aromatic carbocycles. The summed E-state index contributed by atoms with van der Waals surface area (Å²) < 4.78 is 5.24. The molecule has 0 radical (unpaired) electrons. The van der Waals surface area contributed by atoms with Crippen molar-refractivity contribution in [2.45, 2.75) is 44.0 Å². The van der Waals surface area contributed by atoms with Gasteiger partial charge in [-0.2, -0.15) is 0 Å². The Hall–Kier alpha value is -1.65. The summed E-state index contributed by atoms with van der Waals surface area (Å²) in [5.74, 6) is -0.0110. The van der Waals surface area contributed by atoms with Crippen molar-refractivity contribution in [2.75, 3.05) is 0 Å². The average molecular weight is 314 g/mol. The molecule has 0 amide bonds. The third kappa shape index (κ3) is 2.70. The Kier molecular flexibility index (Phi) is 3.74. The van der Waals surface area contributed by atoms with Gasteiger partial charge in [-0.15, -0.1) is 0 Å². The first kappa shape index (κ1) is 14.9. The number of hydrogen-bond acceptors (Lipinski definition) is 4. The second-order valence-corrected chi connectivity index (χ2v) is 7.09. The van der Waals surface area contributed by atoms with Crippen molar-refractivity contribution in [1.82, 2.24) is 0 Å². The second-order valence-electron chi connectivity index (χ2n) is 7.09. The summed E-state index contributed by atoms with van der Waals surface area (Å²) in [6.07, 6.45) is 5.23. The molecule has 0 bridgehead atoms. The van der Waals surface area contributed by atoms with E-state index in [0.29, 0.717) is 12.8 Å². The van der Waals surface area contributed by atoms with Crippen LogP contribution in [0.1, 0.15) is 24.0 Å². The Morgan fingerprint density at radius 3 is 2.57 bits per heavy atom. The minimum atomic E-state index is -0.522. The number of esters is 1. The van der Waals surface area contributed by atoms with Gasteiger partial charge in [-0.25, -0.2) is 0 Å². The van der Waals surface area contributed by atoms with E-state index in [-0.39, 0.29) is 29.8 Å². The predicted octanol–water partition coefficient (Wildman–Crippen LogP) is 1.63. The molecule has 5 atom stereocenters. The predicted molar refractivity (Wildman–Crippen MR) is 84.6 cm³/mol. The number of carbonyl (C=O) groups is 1. The van der Waals surface area contributed by atoms with Crippen LogP contribution in [-0.2, 0) is 22.4 Å². The molecule has 1 aliphatic heterocycles. The molecular formula is C19H22O4. The molecule has 2 aliphatic carbocycles. The lowest BCUT2D eigenvalue weighted by atomic mass is 9.90. The van der Waals surface area contributed by atoms with Crippen molar-refractivity contribution in [1.29, 1.82) is 0 Å². The van der Waals surface area contributed by atoms with Crippen LogP contribution < -0.4 is 0 Å². The fourth-order valence-electron chi connectivity index (χ4n) is 4.42. The van der Waals surface area contributed by atoms with Crippen LogP contribution in [0.4, 0.5) is 0 Å². The minimum Gasteiger partial charge on any atom is -0.462 e. The standard InChI is InChI=1S/C19H22O4/c20-16(13-7-11-3-1-2-4-12(11)8-13)6-5-14-15-9-19(22)23-18(15)10-17(14)21/h1-6,13-18,20-21H,7-10H2/b6-5+/t14-,15-,16-,17-,18+/m1/s1. The summed E-state index contributed by atoms with van der Waals surface area (Å²) >= 11 is 0. The van der Waals surface area contributed by atoms with Gasteiger partial charge in [0, 0.05) is 18.3 Å². The van der Waals surface area contributed by atoms with E-state index in [1.54, 1.807) is 0 Å². The molecule has 1 saturated heterocycles. The van der Waals surface area contributed by atoms with E-state index in [4.69, 9.17) is 4.74 Å². The van der Waals surface area contributed by atoms with Crippen LogP contribution in [0.2, 0.25) is 0 Å². The van der Waals surface area contributed by atoms with Crippen LogP contribution >= 0.6 is 0 Å². The van der Waals surface area contributed by atoms with E-state index in [1.165, 1.54) is 11.1 Å². The first-order chi connectivity index (χ1) is 11.1. The molecule has 3 aliphatic rings. The Bertz CT molecular complexity index is 613. The first-order valence-electron chi connectivity index (χ1n) is 8.42. The Balaban J connectivity index is 1.42. The molecule has 1 saturated carbocycles. The summed E-state index contributed by atoms with van der Waals surface area (Å²) in [6, 6.07) is 8.32. The smallest absolute Gasteiger partial charge is 0.306 e. The number of rotatable bonds is 3. The molecule has 4 heteroatoms. The number of hydrogen-bond donors (Lipinski definition) is 2. The highest BCUT2D eigenvalue weighted by Crippen LogP contribution is 2.42. The molecule has 23 heavy (non-hydrogen) atoms. The highest BCUT2D eigenvalue weighted by molar-refractivity contribution is 5.72. The molecule has 1 heterocycles. The van der Waals surface area contributed by atoms with Gasteiger partial charge >= 0.3 is 5.97 Å². The highest BCUT2D eigenvalue weighted by atomic mass is 16.6. The fraction of sp³-hybridized carbons (Fsp3) is 0.526. The molecule has 0 spiro atoms. The Morgan fingerprint density at radius 1 is 1.17 bits per heavy atom. The zero-order valence-corrected chi connectivity index (χ0v) is 13.0. The van der Waals surface area contributed by atoms with Crippen molar-refractivity contribution < 1.29 is 19.7 Å². The number of aliphatic hydroxyl groups is 2. The van der Waals surface area contributed by atoms with Crippen molar-refractivity contribution in [3.63, 3.8) is 0 Å². The lowest BCUT2D eigenvalue weighted by Gasteiger charge is -2.18. The van der Waals surface area contributed by atoms with E-state index in [0.717, 1.165) is 12.8 Å². The molecule has 0 unspecified atom stereocenters. The molecule has 122 valence electrons. The SMILES string of the molecule is O=C1C[C@@H]2[C@@H](/C=C/[C@@H](O)C3Cc4ccccc4C3)[C@H](O)C[C@@H]2O1. The minimum absolute atomic E-state index is 0.0572. The normalized spacial score (nSPS) is 34.6. The molecule has 1 aromatic rings. The maximum absolute atomic E-state index is 11.4. The van der Waals surface area contributed by atoms with Gasteiger partial charge < -0.3 is 14.9 Å². The Morgan fingerprint density at radius 2 is 1.87 bits per heavy atom. The number of benzene rings is 1. The molecule has 2 fully saturated rings. The van der Waals surface area contributed by atoms with Crippen LogP contribution in [0, 0.1) is 17.8 Å². The van der Waals surface area contributed by atoms with E-state index in [9.17, 15) is 15.0 Å². The summed E-state index contributed by atoms with van der Waals surface area (Å²) in [5, 5.41) is 20.7. The quantitative estimate of drug-likeness (QED) is 0.657. The lowest BCUT2D eigenvalue weighted by Crippen LogP contribution is -2.21. The summed E-state index contributed by atoms with van der Waals surface area (Å²) in [6.45, 7) is 0. The topological polar surface area (TPSA) is 66.8 Å². The van der Waals surface area contributed by atoms with E-state index in [1.807, 2.05) is 24.3 Å². The number of aliphatic hydroxyl groups excluding tert-OH is 2. The lowest BCUT2D eigenvalue weighted by molar-refractivity contribution is -0.141. The van der Waals surface area contributed by atoms with Crippen LogP contribution in [0.3, 0.4) is 0 Å². The van der Waals surface area contributed by atoms with Crippen LogP contribution in [-0.4, -0.2) is 34.5 Å². The fourth-order valence-corrected chi connectivity index (χ4v) is 4.42. The average Bonchev–Trinajstić information content (AvgIpc) is 3.17. The summed E-state index contributed by atoms with van der Waals surface area (Å²) in [4.78, 5) is 11.4. The number of carbonyl (C=O) groups excluding carboxylic acids is 1. The van der Waals surface area contributed by atoms with Crippen molar-refractivity contribution in [3.8, 4) is 0 Å². The molecule has 4 rings (SSSR count). The largest absolute Gasteiger partial charge is 0.462 e. The summed E-state index contributed by atoms with van der Waals surface area (Å²) in [5.41, 5.74) is 2.64. The maximum atomic E-state index is 11.4. The van der Waals surface area contributed by atoms with Gasteiger partial charge in [0.1, 0.15) is 6.10 Å². The maximum Gasteiger partial charge on any atom is 0.306 e. The van der Waals surface area contributed by atoms with E-state index < -0.39 is 12.2 Å². The van der Waals surface area contributed by atoms with Crippen molar-refractivity contribution in [3.05, 3.63) is 47.5 Å². The highest BCUT2D eigenvalue weighted by Gasteiger charge is 2.48. The van der Waals surface area contributed by atoms with Gasteiger partial charge in [-0.05, 0) is 29.9 Å². The molecule has 2 N–H and O–H groups in total. The number of ether oxygens (including phenoxy) is 1. The van der Waals surface area contributed by atoms with Gasteiger partial charge in [0.05, 0.1) is 18.6 Å². The van der Waals surface area contributed by atoms with E-state index in [2.05, 4.69) is 12.1 Å². The van der Waals surface area contributed by atoms with Gasteiger partial charge in [0.25, 0.3) is 0 Å². The van der Waals surface area contributed by atoms with Crippen molar-refractivity contribution >= 4 is 5.97 Å². The second kappa shape index (κ2) is 5.77. The molecule has 0 aromatic heterocycles. The van der Waals surface area contributed by atoms with Gasteiger partial charge in [-0.1, -0.05) is 36.4 Å². The summed E-state index contributed by atoms with van der Waals surface area (Å²) in [7, 11) is 0. The Labute approximate surface area is 135 Å². The third-order valence-corrected chi connectivity index (χ3v) is 5.67. The monoisotopic (exact) mass is 314 g/mol. The zero-order valence-electron chi connectivity index (χ0n) is 13.0. The molecule has 4 nitrogen and oxygen atoms in total. The first-order valence-corrected chi connectivity index (χ1v) is 8.42. The van der Waals surface area contributed by atoms with E-state index >= 15 is 0 Å².